The third-order valence-electron chi connectivity index (χ3n) is 8.21. The molecule has 6 rings (SSSR count). The lowest BCUT2D eigenvalue weighted by Gasteiger charge is -2.44. The van der Waals surface area contributed by atoms with Gasteiger partial charge in [0.15, 0.2) is 17.7 Å². The summed E-state index contributed by atoms with van der Waals surface area (Å²) in [4.78, 5) is 41.4. The van der Waals surface area contributed by atoms with E-state index in [0.29, 0.717) is 12.8 Å². The van der Waals surface area contributed by atoms with Crippen molar-refractivity contribution in [3.05, 3.63) is 63.1 Å². The molecular formula is C26H27F2N3O5. The van der Waals surface area contributed by atoms with Gasteiger partial charge in [0.1, 0.15) is 17.2 Å². The van der Waals surface area contributed by atoms with Crippen LogP contribution in [0.25, 0.3) is 0 Å². The van der Waals surface area contributed by atoms with Crippen LogP contribution >= 0.6 is 0 Å². The zero-order valence-electron chi connectivity index (χ0n) is 19.6. The molecule has 2 aromatic rings. The number of hydrogen-bond donors (Lipinski definition) is 2. The smallest absolute Gasteiger partial charge is 0.276 e. The Hall–Kier alpha value is -3.27. The molecule has 2 bridgehead atoms. The van der Waals surface area contributed by atoms with Crippen molar-refractivity contribution in [2.75, 3.05) is 0 Å². The Bertz CT molecular complexity index is 1320. The van der Waals surface area contributed by atoms with E-state index in [2.05, 4.69) is 5.32 Å². The Labute approximate surface area is 205 Å². The van der Waals surface area contributed by atoms with E-state index in [1.165, 1.54) is 16.8 Å². The fourth-order valence-corrected chi connectivity index (χ4v) is 6.49. The number of nitrogens with one attached hydrogen (secondary N) is 1. The molecule has 2 N–H and O–H groups in total. The molecule has 3 atom stereocenters. The Morgan fingerprint density at radius 2 is 1.92 bits per heavy atom. The van der Waals surface area contributed by atoms with Crippen molar-refractivity contribution in [1.29, 1.82) is 0 Å². The lowest BCUT2D eigenvalue weighted by atomic mass is 9.76. The third kappa shape index (κ3) is 3.53. The summed E-state index contributed by atoms with van der Waals surface area (Å²) < 4.78 is 35.9. The maximum absolute atomic E-state index is 14.8. The van der Waals surface area contributed by atoms with Crippen LogP contribution in [0.5, 0.6) is 5.75 Å². The summed E-state index contributed by atoms with van der Waals surface area (Å²) in [6.07, 6.45) is 6.39. The molecule has 10 heteroatoms. The van der Waals surface area contributed by atoms with Gasteiger partial charge in [0.05, 0.1) is 18.2 Å². The van der Waals surface area contributed by atoms with Crippen molar-refractivity contribution in [2.45, 2.75) is 81.8 Å². The molecule has 36 heavy (non-hydrogen) atoms. The number of carbonyl (C=O) groups is 2. The molecule has 3 unspecified atom stereocenters. The van der Waals surface area contributed by atoms with Crippen LogP contribution in [0.3, 0.4) is 0 Å². The zero-order chi connectivity index (χ0) is 25.2. The van der Waals surface area contributed by atoms with Gasteiger partial charge >= 0.3 is 0 Å². The maximum Gasteiger partial charge on any atom is 0.276 e. The molecular weight excluding hydrogens is 472 g/mol. The van der Waals surface area contributed by atoms with Crippen molar-refractivity contribution in [2.24, 2.45) is 0 Å². The van der Waals surface area contributed by atoms with Gasteiger partial charge in [-0.15, -0.1) is 0 Å². The van der Waals surface area contributed by atoms with E-state index in [1.807, 2.05) is 0 Å². The molecule has 1 aromatic carbocycles. The Kier molecular flexibility index (Phi) is 5.40. The number of aromatic nitrogens is 1. The number of carbonyl (C=O) groups excluding carboxylic acids is 2. The van der Waals surface area contributed by atoms with Gasteiger partial charge in [0, 0.05) is 23.9 Å². The highest BCUT2D eigenvalue weighted by Crippen LogP contribution is 2.40. The molecule has 1 aromatic heterocycles. The van der Waals surface area contributed by atoms with Gasteiger partial charge in [-0.3, -0.25) is 14.4 Å². The highest BCUT2D eigenvalue weighted by molar-refractivity contribution is 5.99. The Morgan fingerprint density at radius 1 is 1.14 bits per heavy atom. The van der Waals surface area contributed by atoms with Crippen LogP contribution in [0.1, 0.15) is 77.8 Å². The monoisotopic (exact) mass is 499 g/mol. The minimum absolute atomic E-state index is 0.00393. The molecule has 2 saturated carbocycles. The molecule has 190 valence electrons. The van der Waals surface area contributed by atoms with E-state index in [1.54, 1.807) is 4.90 Å². The van der Waals surface area contributed by atoms with Gasteiger partial charge in [-0.2, -0.15) is 0 Å². The fraction of sp³-hybridized carbons (Fsp3) is 0.500. The van der Waals surface area contributed by atoms with Crippen LogP contribution in [0.4, 0.5) is 8.78 Å². The van der Waals surface area contributed by atoms with Crippen LogP contribution in [-0.4, -0.2) is 44.8 Å². The predicted octanol–water partition coefficient (Wildman–Crippen LogP) is 3.15. The number of fused-ring (bicyclic) bond motifs is 5. The first-order chi connectivity index (χ1) is 17.3. The summed E-state index contributed by atoms with van der Waals surface area (Å²) in [6, 6.07) is 3.26. The first-order valence-corrected chi connectivity index (χ1v) is 12.5. The molecule has 3 heterocycles. The number of aromatic hydroxyl groups is 1. The molecule has 0 radical (unpaired) electrons. The summed E-state index contributed by atoms with van der Waals surface area (Å²) in [5.74, 6) is -3.54. The fourth-order valence-electron chi connectivity index (χ4n) is 6.49. The van der Waals surface area contributed by atoms with E-state index in [9.17, 15) is 28.3 Å². The van der Waals surface area contributed by atoms with Crippen molar-refractivity contribution in [1.82, 2.24) is 14.8 Å². The molecule has 2 aliphatic carbocycles. The average molecular weight is 500 g/mol. The number of pyridine rings is 1. The summed E-state index contributed by atoms with van der Waals surface area (Å²) >= 11 is 0. The summed E-state index contributed by atoms with van der Waals surface area (Å²) in [7, 11) is 0. The third-order valence-corrected chi connectivity index (χ3v) is 8.21. The van der Waals surface area contributed by atoms with Crippen molar-refractivity contribution < 1.29 is 28.2 Å². The predicted molar refractivity (Wildman–Crippen MR) is 123 cm³/mol. The normalized spacial score (nSPS) is 26.3. The van der Waals surface area contributed by atoms with Crippen LogP contribution in [-0.2, 0) is 16.8 Å². The maximum atomic E-state index is 14.8. The molecule has 2 aliphatic heterocycles. The first-order valence-electron chi connectivity index (χ1n) is 12.5. The van der Waals surface area contributed by atoms with Crippen molar-refractivity contribution in [3.63, 3.8) is 0 Å². The van der Waals surface area contributed by atoms with E-state index in [0.717, 1.165) is 50.7 Å². The van der Waals surface area contributed by atoms with Crippen LogP contribution < -0.4 is 10.7 Å². The number of amides is 2. The first kappa shape index (κ1) is 23.1. The van der Waals surface area contributed by atoms with E-state index in [4.69, 9.17) is 4.74 Å². The second kappa shape index (κ2) is 8.40. The highest BCUT2D eigenvalue weighted by atomic mass is 19.1. The topological polar surface area (TPSA) is 101 Å². The summed E-state index contributed by atoms with van der Waals surface area (Å²) in [5, 5.41) is 13.6. The van der Waals surface area contributed by atoms with Gasteiger partial charge in [-0.05, 0) is 38.2 Å². The Balaban J connectivity index is 1.37. The Morgan fingerprint density at radius 3 is 2.67 bits per heavy atom. The van der Waals surface area contributed by atoms with Gasteiger partial charge in [0.25, 0.3) is 11.8 Å². The largest absolute Gasteiger partial charge is 0.503 e. The molecule has 2 amide bonds. The number of benzene rings is 1. The van der Waals surface area contributed by atoms with Gasteiger partial charge in [-0.25, -0.2) is 8.78 Å². The summed E-state index contributed by atoms with van der Waals surface area (Å²) in [5.41, 5.74) is -2.41. The second-order valence-corrected chi connectivity index (χ2v) is 10.3. The summed E-state index contributed by atoms with van der Waals surface area (Å²) in [6.45, 7) is 0.180. The lowest BCUT2D eigenvalue weighted by Crippen LogP contribution is -2.57. The van der Waals surface area contributed by atoms with E-state index < -0.39 is 46.4 Å². The number of hydrogen-bond acceptors (Lipinski definition) is 5. The zero-order valence-corrected chi connectivity index (χ0v) is 19.6. The minimum atomic E-state index is -1.12. The number of ether oxygens (including phenoxy) is 1. The number of halogens is 2. The highest BCUT2D eigenvalue weighted by Gasteiger charge is 2.48. The minimum Gasteiger partial charge on any atom is -0.503 e. The molecule has 3 fully saturated rings. The molecule has 8 nitrogen and oxygen atoms in total. The van der Waals surface area contributed by atoms with Gasteiger partial charge < -0.3 is 24.6 Å². The lowest BCUT2D eigenvalue weighted by molar-refractivity contribution is -0.132. The quantitative estimate of drug-likeness (QED) is 0.676. The van der Waals surface area contributed by atoms with E-state index in [-0.39, 0.29) is 35.5 Å². The van der Waals surface area contributed by atoms with Gasteiger partial charge in [-0.1, -0.05) is 25.3 Å². The van der Waals surface area contributed by atoms with Crippen molar-refractivity contribution in [3.8, 4) is 5.75 Å². The molecule has 1 saturated heterocycles. The average Bonchev–Trinajstić information content (AvgIpc) is 3.22. The molecule has 4 aliphatic rings. The van der Waals surface area contributed by atoms with Gasteiger partial charge in [0.2, 0.25) is 5.43 Å². The number of rotatable bonds is 3. The van der Waals surface area contributed by atoms with Crippen LogP contribution in [0, 0.1) is 11.6 Å². The molecule has 0 spiro atoms. The van der Waals surface area contributed by atoms with Crippen LogP contribution in [0.2, 0.25) is 0 Å². The van der Waals surface area contributed by atoms with Crippen molar-refractivity contribution >= 4 is 11.8 Å². The number of nitrogens with zero attached hydrogens (tertiary/aromatic N) is 2. The SMILES string of the molecule is O=C(NC1(c2ccc(F)cc2F)CCCCC1)c1cn2c(c(O)c1=O)C(=O)N1C3CCC(C3)OC1C2. The van der Waals surface area contributed by atoms with E-state index >= 15 is 0 Å². The standard InChI is InChI=1S/C26H27F2N3O5/c27-14-4-7-18(19(28)10-14)26(8-2-1-3-9-26)29-24(34)17-12-30-13-20-31(15-5-6-16(11-15)36-20)25(35)21(30)23(33)22(17)32/h4,7,10,12,15-16,20,33H,1-3,5-6,8-9,11,13H2,(H,29,34). The van der Waals surface area contributed by atoms with Crippen LogP contribution in [0.15, 0.2) is 29.2 Å². The second-order valence-electron chi connectivity index (χ2n) is 10.3.